The number of benzene rings is 1. The molecule has 6 heteroatoms. The first-order valence-electron chi connectivity index (χ1n) is 6.21. The summed E-state index contributed by atoms with van der Waals surface area (Å²) in [7, 11) is 1.37. The highest BCUT2D eigenvalue weighted by Crippen LogP contribution is 2.18. The van der Waals surface area contributed by atoms with Crippen LogP contribution >= 0.6 is 12.4 Å². The van der Waals surface area contributed by atoms with Crippen molar-refractivity contribution >= 4 is 18.3 Å². The van der Waals surface area contributed by atoms with Gasteiger partial charge in [-0.05, 0) is 31.2 Å². The van der Waals surface area contributed by atoms with Crippen LogP contribution in [0.3, 0.4) is 0 Å². The monoisotopic (exact) mass is 300 g/mol. The number of amides is 1. The summed E-state index contributed by atoms with van der Waals surface area (Å²) in [5, 5.41) is 6.03. The molecule has 1 heterocycles. The van der Waals surface area contributed by atoms with Crippen LogP contribution in [0.1, 0.15) is 16.8 Å². The third-order valence-corrected chi connectivity index (χ3v) is 3.05. The van der Waals surface area contributed by atoms with Crippen molar-refractivity contribution in [2.45, 2.75) is 6.42 Å². The van der Waals surface area contributed by atoms with E-state index in [9.17, 15) is 9.18 Å². The average molecular weight is 301 g/mol. The molecule has 0 saturated heterocycles. The van der Waals surface area contributed by atoms with Crippen molar-refractivity contribution in [1.29, 1.82) is 0 Å². The van der Waals surface area contributed by atoms with E-state index in [1.807, 2.05) is 0 Å². The number of carbonyl (C=O) groups excluding carboxylic acids is 1. The van der Waals surface area contributed by atoms with Crippen molar-refractivity contribution in [3.05, 3.63) is 41.2 Å². The van der Waals surface area contributed by atoms with E-state index in [4.69, 9.17) is 4.74 Å². The summed E-state index contributed by atoms with van der Waals surface area (Å²) in [6, 6.07) is 4.09. The van der Waals surface area contributed by atoms with Gasteiger partial charge in [0.25, 0.3) is 5.91 Å². The third kappa shape index (κ3) is 4.21. The van der Waals surface area contributed by atoms with Crippen molar-refractivity contribution in [2.75, 3.05) is 26.7 Å². The Morgan fingerprint density at radius 1 is 1.50 bits per heavy atom. The minimum Gasteiger partial charge on any atom is -0.494 e. The van der Waals surface area contributed by atoms with Gasteiger partial charge in [-0.25, -0.2) is 4.39 Å². The highest BCUT2D eigenvalue weighted by molar-refractivity contribution is 5.94. The minimum atomic E-state index is -0.472. The van der Waals surface area contributed by atoms with Gasteiger partial charge in [-0.15, -0.1) is 12.4 Å². The number of carbonyl (C=O) groups is 1. The topological polar surface area (TPSA) is 50.4 Å². The first kappa shape index (κ1) is 16.5. The quantitative estimate of drug-likeness (QED) is 0.835. The summed E-state index contributed by atoms with van der Waals surface area (Å²) in [5.74, 6) is -0.619. The van der Waals surface area contributed by atoms with Crippen LogP contribution in [0.15, 0.2) is 29.8 Å². The van der Waals surface area contributed by atoms with Crippen molar-refractivity contribution in [2.24, 2.45) is 0 Å². The average Bonchev–Trinajstić information content (AvgIpc) is 2.46. The van der Waals surface area contributed by atoms with Gasteiger partial charge in [0.1, 0.15) is 0 Å². The van der Waals surface area contributed by atoms with Crippen molar-refractivity contribution in [1.82, 2.24) is 10.6 Å². The first-order valence-corrected chi connectivity index (χ1v) is 6.21. The molecule has 1 aliphatic rings. The number of hydrogen-bond acceptors (Lipinski definition) is 3. The number of nitrogens with one attached hydrogen (secondary N) is 2. The summed E-state index contributed by atoms with van der Waals surface area (Å²) in [6.45, 7) is 2.31. The van der Waals surface area contributed by atoms with E-state index in [2.05, 4.69) is 16.7 Å². The molecule has 110 valence electrons. The molecule has 1 amide bonds. The lowest BCUT2D eigenvalue weighted by molar-refractivity contribution is 0.0956. The molecule has 4 nitrogen and oxygen atoms in total. The van der Waals surface area contributed by atoms with E-state index in [0.717, 1.165) is 19.5 Å². The van der Waals surface area contributed by atoms with Crippen molar-refractivity contribution in [3.63, 3.8) is 0 Å². The van der Waals surface area contributed by atoms with Gasteiger partial charge >= 0.3 is 0 Å². The van der Waals surface area contributed by atoms with E-state index >= 15 is 0 Å². The molecule has 0 spiro atoms. The summed E-state index contributed by atoms with van der Waals surface area (Å²) in [6.07, 6.45) is 3.02. The molecule has 20 heavy (non-hydrogen) atoms. The fourth-order valence-corrected chi connectivity index (χ4v) is 1.93. The summed E-state index contributed by atoms with van der Waals surface area (Å²) < 4.78 is 18.1. The molecule has 0 bridgehead atoms. The van der Waals surface area contributed by atoms with Crippen LogP contribution in [-0.4, -0.2) is 32.7 Å². The second kappa shape index (κ2) is 7.87. The van der Waals surface area contributed by atoms with Crippen LogP contribution in [0.2, 0.25) is 0 Å². The number of rotatable bonds is 4. The molecule has 0 atom stereocenters. The molecule has 1 aromatic rings. The third-order valence-electron chi connectivity index (χ3n) is 3.05. The van der Waals surface area contributed by atoms with Crippen molar-refractivity contribution < 1.29 is 13.9 Å². The maximum Gasteiger partial charge on any atom is 0.251 e. The molecule has 0 unspecified atom stereocenters. The van der Waals surface area contributed by atoms with Gasteiger partial charge in [0.05, 0.1) is 7.11 Å². The Morgan fingerprint density at radius 2 is 2.30 bits per heavy atom. The van der Waals surface area contributed by atoms with Gasteiger partial charge in [-0.2, -0.15) is 0 Å². The number of halogens is 2. The zero-order valence-corrected chi connectivity index (χ0v) is 12.1. The van der Waals surface area contributed by atoms with E-state index in [1.165, 1.54) is 30.9 Å². The zero-order chi connectivity index (χ0) is 13.7. The molecule has 1 aliphatic heterocycles. The SMILES string of the molecule is COc1cc(C(=O)NCC2=CCNCC2)ccc1F.Cl. The smallest absolute Gasteiger partial charge is 0.251 e. The van der Waals surface area contributed by atoms with E-state index < -0.39 is 5.82 Å². The molecule has 1 aromatic carbocycles. The molecule has 0 aliphatic carbocycles. The fraction of sp³-hybridized carbons (Fsp3) is 0.357. The lowest BCUT2D eigenvalue weighted by Crippen LogP contribution is -2.29. The van der Waals surface area contributed by atoms with Crippen LogP contribution in [0.25, 0.3) is 0 Å². The Labute approximate surface area is 123 Å². The van der Waals surface area contributed by atoms with Crippen LogP contribution in [-0.2, 0) is 0 Å². The number of ether oxygens (including phenoxy) is 1. The molecular weight excluding hydrogens is 283 g/mol. The van der Waals surface area contributed by atoms with Gasteiger partial charge in [0.15, 0.2) is 11.6 Å². The van der Waals surface area contributed by atoms with E-state index in [-0.39, 0.29) is 24.1 Å². The zero-order valence-electron chi connectivity index (χ0n) is 11.2. The fourth-order valence-electron chi connectivity index (χ4n) is 1.93. The molecule has 2 N–H and O–H groups in total. The lowest BCUT2D eigenvalue weighted by atomic mass is 10.1. The molecule has 0 fully saturated rings. The van der Waals surface area contributed by atoms with Gasteiger partial charge in [0.2, 0.25) is 0 Å². The Kier molecular flexibility index (Phi) is 6.48. The van der Waals surface area contributed by atoms with Crippen LogP contribution in [0.4, 0.5) is 4.39 Å². The molecular formula is C14H18ClFN2O2. The standard InChI is InChI=1S/C14H17FN2O2.ClH/c1-19-13-8-11(2-3-12(13)15)14(18)17-9-10-4-6-16-7-5-10;/h2-4,8,16H,5-7,9H2,1H3,(H,17,18);1H. The highest BCUT2D eigenvalue weighted by Gasteiger charge is 2.11. The van der Waals surface area contributed by atoms with Gasteiger partial charge in [-0.1, -0.05) is 11.6 Å². The minimum absolute atomic E-state index is 0. The predicted octanol–water partition coefficient (Wildman–Crippen LogP) is 1.91. The van der Waals surface area contributed by atoms with E-state index in [1.54, 1.807) is 0 Å². The van der Waals surface area contributed by atoms with Gasteiger partial charge in [-0.3, -0.25) is 4.79 Å². The normalized spacial score (nSPS) is 14.0. The predicted molar refractivity (Wildman–Crippen MR) is 78.1 cm³/mol. The van der Waals surface area contributed by atoms with Crippen LogP contribution in [0, 0.1) is 5.82 Å². The maximum atomic E-state index is 13.2. The first-order chi connectivity index (χ1) is 9.20. The molecule has 0 aromatic heterocycles. The summed E-state index contributed by atoms with van der Waals surface area (Å²) in [5.41, 5.74) is 1.61. The van der Waals surface area contributed by atoms with E-state index in [0.29, 0.717) is 12.1 Å². The second-order valence-electron chi connectivity index (χ2n) is 4.35. The Balaban J connectivity index is 0.00000200. The summed E-state index contributed by atoms with van der Waals surface area (Å²) >= 11 is 0. The van der Waals surface area contributed by atoms with Gasteiger partial charge < -0.3 is 15.4 Å². The largest absolute Gasteiger partial charge is 0.494 e. The van der Waals surface area contributed by atoms with Crippen LogP contribution < -0.4 is 15.4 Å². The molecule has 0 saturated carbocycles. The number of hydrogen-bond donors (Lipinski definition) is 2. The maximum absolute atomic E-state index is 13.2. The lowest BCUT2D eigenvalue weighted by Gasteiger charge is -2.14. The van der Waals surface area contributed by atoms with Gasteiger partial charge in [0, 0.05) is 18.7 Å². The second-order valence-corrected chi connectivity index (χ2v) is 4.35. The summed E-state index contributed by atoms with van der Waals surface area (Å²) in [4.78, 5) is 11.9. The highest BCUT2D eigenvalue weighted by atomic mass is 35.5. The van der Waals surface area contributed by atoms with Crippen LogP contribution in [0.5, 0.6) is 5.75 Å². The molecule has 0 radical (unpaired) electrons. The molecule has 2 rings (SSSR count). The Hall–Kier alpha value is -1.59. The Morgan fingerprint density at radius 3 is 2.95 bits per heavy atom. The Bertz CT molecular complexity index is 506. The number of methoxy groups -OCH3 is 1. The van der Waals surface area contributed by atoms with Crippen molar-refractivity contribution in [3.8, 4) is 5.75 Å².